The van der Waals surface area contributed by atoms with Crippen molar-refractivity contribution >= 4 is 0 Å². The molecule has 0 aromatic heterocycles. The fourth-order valence-corrected chi connectivity index (χ4v) is 4.40. The summed E-state index contributed by atoms with van der Waals surface area (Å²) in [7, 11) is 0. The summed E-state index contributed by atoms with van der Waals surface area (Å²) < 4.78 is 0. The molecule has 0 aromatic rings. The molecular weight excluding hydrogens is 208 g/mol. The van der Waals surface area contributed by atoms with E-state index < -0.39 is 0 Å². The Morgan fingerprint density at radius 2 is 2.06 bits per heavy atom. The largest absolute Gasteiger partial charge is 0.392 e. The highest BCUT2D eigenvalue weighted by Crippen LogP contribution is 2.67. The van der Waals surface area contributed by atoms with Crippen molar-refractivity contribution in [1.82, 2.24) is 0 Å². The van der Waals surface area contributed by atoms with E-state index in [0.717, 1.165) is 23.8 Å². The first-order valence-electron chi connectivity index (χ1n) is 7.16. The summed E-state index contributed by atoms with van der Waals surface area (Å²) in [6.07, 6.45) is 9.00. The van der Waals surface area contributed by atoms with E-state index >= 15 is 0 Å². The molecule has 3 aliphatic carbocycles. The second-order valence-corrected chi connectivity index (χ2v) is 7.27. The third-order valence-electron chi connectivity index (χ3n) is 5.75. The SMILES string of the molecule is C/C(=C/CCC1(C)C2CCC(C)(C)C1C2)CO. The molecule has 0 saturated heterocycles. The van der Waals surface area contributed by atoms with Crippen molar-refractivity contribution in [2.45, 2.75) is 59.8 Å². The van der Waals surface area contributed by atoms with Gasteiger partial charge < -0.3 is 5.11 Å². The molecule has 0 radical (unpaired) electrons. The minimum absolute atomic E-state index is 0.217. The summed E-state index contributed by atoms with van der Waals surface area (Å²) in [6.45, 7) is 9.66. The third kappa shape index (κ3) is 2.19. The summed E-state index contributed by atoms with van der Waals surface area (Å²) >= 11 is 0. The predicted molar refractivity (Wildman–Crippen MR) is 72.8 cm³/mol. The lowest BCUT2D eigenvalue weighted by molar-refractivity contribution is -0.157. The van der Waals surface area contributed by atoms with E-state index in [1.54, 1.807) is 0 Å². The summed E-state index contributed by atoms with van der Waals surface area (Å²) in [5.74, 6) is 1.90. The zero-order valence-electron chi connectivity index (χ0n) is 11.9. The van der Waals surface area contributed by atoms with Crippen LogP contribution in [0.15, 0.2) is 11.6 Å². The van der Waals surface area contributed by atoms with Gasteiger partial charge in [0.05, 0.1) is 6.61 Å². The molecule has 2 bridgehead atoms. The Bertz CT molecular complexity index is 313. The normalized spacial score (nSPS) is 39.9. The highest BCUT2D eigenvalue weighted by Gasteiger charge is 2.59. The van der Waals surface area contributed by atoms with Gasteiger partial charge in [-0.25, -0.2) is 0 Å². The van der Waals surface area contributed by atoms with Gasteiger partial charge in [0.15, 0.2) is 0 Å². The van der Waals surface area contributed by atoms with Gasteiger partial charge >= 0.3 is 0 Å². The summed E-state index contributed by atoms with van der Waals surface area (Å²) in [6, 6.07) is 0. The molecule has 0 heterocycles. The van der Waals surface area contributed by atoms with Crippen molar-refractivity contribution < 1.29 is 5.11 Å². The fourth-order valence-electron chi connectivity index (χ4n) is 4.40. The Balaban J connectivity index is 1.97. The predicted octanol–water partition coefficient (Wildman–Crippen LogP) is 4.17. The molecule has 3 atom stereocenters. The number of aliphatic hydroxyl groups is 1. The summed E-state index contributed by atoms with van der Waals surface area (Å²) in [5, 5.41) is 9.01. The molecule has 1 N–H and O–H groups in total. The molecule has 98 valence electrons. The van der Waals surface area contributed by atoms with Crippen LogP contribution in [0.2, 0.25) is 0 Å². The van der Waals surface area contributed by atoms with E-state index in [4.69, 9.17) is 5.11 Å². The van der Waals surface area contributed by atoms with Crippen LogP contribution in [0.4, 0.5) is 0 Å². The van der Waals surface area contributed by atoms with Gasteiger partial charge in [0.1, 0.15) is 0 Å². The molecular formula is C16H28O. The van der Waals surface area contributed by atoms with E-state index in [2.05, 4.69) is 26.8 Å². The quantitative estimate of drug-likeness (QED) is 0.726. The molecule has 3 aliphatic rings. The van der Waals surface area contributed by atoms with Crippen LogP contribution in [-0.4, -0.2) is 11.7 Å². The molecule has 3 saturated carbocycles. The van der Waals surface area contributed by atoms with Gasteiger partial charge in [0.2, 0.25) is 0 Å². The number of fused-ring (bicyclic) bond motifs is 2. The van der Waals surface area contributed by atoms with Crippen LogP contribution >= 0.6 is 0 Å². The smallest absolute Gasteiger partial charge is 0.0639 e. The van der Waals surface area contributed by atoms with Crippen molar-refractivity contribution in [1.29, 1.82) is 0 Å². The van der Waals surface area contributed by atoms with Crippen molar-refractivity contribution in [2.24, 2.45) is 22.7 Å². The van der Waals surface area contributed by atoms with Crippen LogP contribution in [-0.2, 0) is 0 Å². The third-order valence-corrected chi connectivity index (χ3v) is 5.75. The number of aliphatic hydroxyl groups excluding tert-OH is 1. The second kappa shape index (κ2) is 4.42. The first-order chi connectivity index (χ1) is 7.90. The van der Waals surface area contributed by atoms with Gasteiger partial charge in [-0.3, -0.25) is 0 Å². The van der Waals surface area contributed by atoms with Crippen molar-refractivity contribution in [3.8, 4) is 0 Å². The zero-order chi connectivity index (χ0) is 12.7. The first kappa shape index (κ1) is 13.1. The molecule has 17 heavy (non-hydrogen) atoms. The highest BCUT2D eigenvalue weighted by molar-refractivity contribution is 5.09. The fraction of sp³-hybridized carbons (Fsp3) is 0.875. The molecule has 3 unspecified atom stereocenters. The van der Waals surface area contributed by atoms with Crippen molar-refractivity contribution in [2.75, 3.05) is 6.61 Å². The average Bonchev–Trinajstić information content (AvgIpc) is 2.26. The number of hydrogen-bond donors (Lipinski definition) is 1. The average molecular weight is 236 g/mol. The lowest BCUT2D eigenvalue weighted by Gasteiger charge is -2.65. The van der Waals surface area contributed by atoms with Crippen LogP contribution in [0, 0.1) is 22.7 Å². The summed E-state index contributed by atoms with van der Waals surface area (Å²) in [5.41, 5.74) is 2.25. The maximum Gasteiger partial charge on any atom is 0.0639 e. The van der Waals surface area contributed by atoms with E-state index in [-0.39, 0.29) is 6.61 Å². The van der Waals surface area contributed by atoms with E-state index in [1.807, 2.05) is 6.92 Å². The van der Waals surface area contributed by atoms with Gasteiger partial charge in [-0.2, -0.15) is 0 Å². The Kier molecular flexibility index (Phi) is 3.42. The highest BCUT2D eigenvalue weighted by atomic mass is 16.3. The van der Waals surface area contributed by atoms with Gasteiger partial charge in [0, 0.05) is 0 Å². The Hall–Kier alpha value is -0.300. The van der Waals surface area contributed by atoms with E-state index in [9.17, 15) is 0 Å². The molecule has 0 amide bonds. The monoisotopic (exact) mass is 236 g/mol. The van der Waals surface area contributed by atoms with Gasteiger partial charge in [-0.1, -0.05) is 32.4 Å². The maximum absolute atomic E-state index is 9.01. The Labute approximate surface area is 106 Å². The van der Waals surface area contributed by atoms with Crippen LogP contribution in [0.5, 0.6) is 0 Å². The molecule has 0 aromatic carbocycles. The number of rotatable bonds is 4. The summed E-state index contributed by atoms with van der Waals surface area (Å²) in [4.78, 5) is 0. The van der Waals surface area contributed by atoms with E-state index in [1.165, 1.54) is 25.7 Å². The Morgan fingerprint density at radius 1 is 1.35 bits per heavy atom. The maximum atomic E-state index is 9.01. The van der Waals surface area contributed by atoms with Gasteiger partial charge in [-0.05, 0) is 61.7 Å². The second-order valence-electron chi connectivity index (χ2n) is 7.27. The first-order valence-corrected chi connectivity index (χ1v) is 7.16. The van der Waals surface area contributed by atoms with E-state index in [0.29, 0.717) is 10.8 Å². The van der Waals surface area contributed by atoms with Gasteiger partial charge in [-0.15, -0.1) is 0 Å². The molecule has 3 fully saturated rings. The molecule has 1 heteroatoms. The standard InChI is InChI=1S/C16H28O/c1-12(11-17)6-5-8-16(4)13-7-9-15(2,3)14(16)10-13/h6,13-14,17H,5,7-11H2,1-4H3/b12-6-. The number of hydrogen-bond acceptors (Lipinski definition) is 1. The molecule has 0 aliphatic heterocycles. The minimum Gasteiger partial charge on any atom is -0.392 e. The Morgan fingerprint density at radius 3 is 2.59 bits per heavy atom. The van der Waals surface area contributed by atoms with Gasteiger partial charge in [0.25, 0.3) is 0 Å². The number of allylic oxidation sites excluding steroid dienone is 1. The topological polar surface area (TPSA) is 20.2 Å². The molecule has 3 rings (SSSR count). The van der Waals surface area contributed by atoms with Crippen LogP contribution < -0.4 is 0 Å². The molecule has 0 spiro atoms. The van der Waals surface area contributed by atoms with Crippen LogP contribution in [0.1, 0.15) is 59.8 Å². The minimum atomic E-state index is 0.217. The van der Waals surface area contributed by atoms with Crippen LogP contribution in [0.25, 0.3) is 0 Å². The van der Waals surface area contributed by atoms with Crippen molar-refractivity contribution in [3.05, 3.63) is 11.6 Å². The molecule has 1 nitrogen and oxygen atoms in total. The lowest BCUT2D eigenvalue weighted by Crippen LogP contribution is -2.57. The lowest BCUT2D eigenvalue weighted by atomic mass is 9.40. The zero-order valence-corrected chi connectivity index (χ0v) is 11.9. The van der Waals surface area contributed by atoms with Crippen molar-refractivity contribution in [3.63, 3.8) is 0 Å². The van der Waals surface area contributed by atoms with Crippen LogP contribution in [0.3, 0.4) is 0 Å².